The summed E-state index contributed by atoms with van der Waals surface area (Å²) in [5, 5.41) is 5.63. The van der Waals surface area contributed by atoms with E-state index in [9.17, 15) is 0 Å². The van der Waals surface area contributed by atoms with Crippen LogP contribution in [0.15, 0.2) is 6.20 Å². The van der Waals surface area contributed by atoms with Crippen LogP contribution >= 0.6 is 22.9 Å². The monoisotopic (exact) mass is 323 g/mol. The lowest BCUT2D eigenvalue weighted by Crippen LogP contribution is -2.13. The van der Waals surface area contributed by atoms with Crippen molar-refractivity contribution in [2.45, 2.75) is 46.2 Å². The van der Waals surface area contributed by atoms with Gasteiger partial charge in [-0.3, -0.25) is 0 Å². The number of hydrogen-bond donors (Lipinski definition) is 0. The summed E-state index contributed by atoms with van der Waals surface area (Å²) in [6, 6.07) is 0.101. The van der Waals surface area contributed by atoms with E-state index in [2.05, 4.69) is 40.4 Å². The van der Waals surface area contributed by atoms with Crippen LogP contribution in [0.5, 0.6) is 0 Å². The average Bonchev–Trinajstić information content (AvgIpc) is 3.13. The maximum atomic E-state index is 6.12. The summed E-state index contributed by atoms with van der Waals surface area (Å²) < 4.78 is 4.16. The van der Waals surface area contributed by atoms with Crippen LogP contribution in [-0.4, -0.2) is 24.3 Å². The Labute approximate surface area is 132 Å². The van der Waals surface area contributed by atoms with Crippen molar-refractivity contribution in [1.82, 2.24) is 24.3 Å². The molecular weight excluding hydrogens is 306 g/mol. The van der Waals surface area contributed by atoms with Gasteiger partial charge in [-0.2, -0.15) is 5.10 Å². The summed E-state index contributed by atoms with van der Waals surface area (Å²) in [6.45, 7) is 9.09. The Balaban J connectivity index is 2.24. The number of aryl methyl sites for hydroxylation is 3. The summed E-state index contributed by atoms with van der Waals surface area (Å²) in [6.07, 6.45) is 1.91. The van der Waals surface area contributed by atoms with Crippen molar-refractivity contribution < 1.29 is 0 Å². The van der Waals surface area contributed by atoms with Crippen LogP contribution in [-0.2, 0) is 12.4 Å². The largest absolute Gasteiger partial charge is 0.302 e. The highest BCUT2D eigenvalue weighted by atomic mass is 35.5. The Morgan fingerprint density at radius 1 is 1.38 bits per heavy atom. The molecule has 3 aromatic rings. The molecule has 0 aliphatic carbocycles. The van der Waals surface area contributed by atoms with Gasteiger partial charge in [0.1, 0.15) is 16.3 Å². The SMILES string of the molecule is CCn1nc(C)c2nc(CCl)n(C(C)c3ncc(C)s3)c21. The molecule has 1 atom stereocenters. The molecule has 0 aliphatic rings. The second-order valence-electron chi connectivity index (χ2n) is 5.09. The molecule has 21 heavy (non-hydrogen) atoms. The van der Waals surface area contributed by atoms with Crippen molar-refractivity contribution in [3.05, 3.63) is 27.6 Å². The summed E-state index contributed by atoms with van der Waals surface area (Å²) in [7, 11) is 0. The van der Waals surface area contributed by atoms with E-state index in [-0.39, 0.29) is 6.04 Å². The quantitative estimate of drug-likeness (QED) is 0.688. The molecule has 0 spiro atoms. The van der Waals surface area contributed by atoms with Gasteiger partial charge in [-0.05, 0) is 27.7 Å². The molecule has 0 radical (unpaired) electrons. The van der Waals surface area contributed by atoms with Crippen LogP contribution in [0.3, 0.4) is 0 Å². The molecule has 0 fully saturated rings. The molecule has 0 aromatic carbocycles. The number of fused-ring (bicyclic) bond motifs is 1. The van der Waals surface area contributed by atoms with Crippen molar-refractivity contribution in [3.8, 4) is 0 Å². The van der Waals surface area contributed by atoms with Crippen LogP contribution < -0.4 is 0 Å². The van der Waals surface area contributed by atoms with Gasteiger partial charge in [0.2, 0.25) is 0 Å². The number of halogens is 1. The van der Waals surface area contributed by atoms with Crippen LogP contribution in [0.2, 0.25) is 0 Å². The van der Waals surface area contributed by atoms with Gasteiger partial charge in [0.15, 0.2) is 5.65 Å². The van der Waals surface area contributed by atoms with Gasteiger partial charge in [0, 0.05) is 17.6 Å². The molecule has 0 aliphatic heterocycles. The fourth-order valence-corrected chi connectivity index (χ4v) is 3.64. The smallest absolute Gasteiger partial charge is 0.159 e. The van der Waals surface area contributed by atoms with E-state index in [0.29, 0.717) is 5.88 Å². The molecule has 0 saturated heterocycles. The lowest BCUT2D eigenvalue weighted by Gasteiger charge is -2.15. The van der Waals surface area contributed by atoms with E-state index in [0.717, 1.165) is 34.2 Å². The first-order valence-corrected chi connectivity index (χ1v) is 8.34. The molecule has 0 saturated carbocycles. The first kappa shape index (κ1) is 14.5. The number of nitrogens with zero attached hydrogens (tertiary/aromatic N) is 5. The Morgan fingerprint density at radius 3 is 2.71 bits per heavy atom. The van der Waals surface area contributed by atoms with Crippen molar-refractivity contribution in [3.63, 3.8) is 0 Å². The number of hydrogen-bond acceptors (Lipinski definition) is 4. The molecule has 0 N–H and O–H groups in total. The van der Waals surface area contributed by atoms with Gasteiger partial charge in [0.05, 0.1) is 17.6 Å². The Kier molecular flexibility index (Phi) is 3.75. The molecular formula is C14H18ClN5S. The lowest BCUT2D eigenvalue weighted by atomic mass is 10.3. The third-order valence-electron chi connectivity index (χ3n) is 3.62. The summed E-state index contributed by atoms with van der Waals surface area (Å²) in [5.41, 5.74) is 2.91. The normalized spacial score (nSPS) is 13.2. The van der Waals surface area contributed by atoms with E-state index in [1.165, 1.54) is 4.88 Å². The van der Waals surface area contributed by atoms with E-state index < -0.39 is 0 Å². The maximum absolute atomic E-state index is 6.12. The number of alkyl halides is 1. The first-order valence-electron chi connectivity index (χ1n) is 6.99. The minimum atomic E-state index is 0.101. The van der Waals surface area contributed by atoms with Crippen LogP contribution in [0, 0.1) is 13.8 Å². The van der Waals surface area contributed by atoms with Gasteiger partial charge >= 0.3 is 0 Å². The minimum Gasteiger partial charge on any atom is -0.302 e. The van der Waals surface area contributed by atoms with Gasteiger partial charge < -0.3 is 4.57 Å². The number of thiazole rings is 1. The van der Waals surface area contributed by atoms with Crippen molar-refractivity contribution in [1.29, 1.82) is 0 Å². The van der Waals surface area contributed by atoms with E-state index >= 15 is 0 Å². The predicted octanol–water partition coefficient (Wildman–Crippen LogP) is 3.67. The van der Waals surface area contributed by atoms with Gasteiger partial charge in [-0.1, -0.05) is 0 Å². The van der Waals surface area contributed by atoms with Crippen LogP contribution in [0.25, 0.3) is 11.2 Å². The highest BCUT2D eigenvalue weighted by Crippen LogP contribution is 2.30. The van der Waals surface area contributed by atoms with Gasteiger partial charge in [0.25, 0.3) is 0 Å². The van der Waals surface area contributed by atoms with E-state index in [1.807, 2.05) is 17.8 Å². The van der Waals surface area contributed by atoms with Crippen molar-refractivity contribution in [2.75, 3.05) is 0 Å². The zero-order chi connectivity index (χ0) is 15.1. The standard InChI is InChI=1S/C14H18ClN5S/c1-5-19-14-12(9(3)18-19)17-11(6-15)20(14)10(4)13-16-7-8(2)21-13/h7,10H,5-6H2,1-4H3. The third kappa shape index (κ3) is 2.26. The van der Waals surface area contributed by atoms with Crippen molar-refractivity contribution in [2.24, 2.45) is 0 Å². The zero-order valence-electron chi connectivity index (χ0n) is 12.6. The summed E-state index contributed by atoms with van der Waals surface area (Å²) in [5.74, 6) is 1.25. The molecule has 7 heteroatoms. The Bertz CT molecular complexity index is 785. The maximum Gasteiger partial charge on any atom is 0.159 e. The lowest BCUT2D eigenvalue weighted by molar-refractivity contribution is 0.585. The van der Waals surface area contributed by atoms with E-state index in [1.54, 1.807) is 11.3 Å². The fourth-order valence-electron chi connectivity index (χ4n) is 2.63. The molecule has 5 nitrogen and oxygen atoms in total. The molecule has 112 valence electrons. The molecule has 0 bridgehead atoms. The highest BCUT2D eigenvalue weighted by Gasteiger charge is 2.23. The minimum absolute atomic E-state index is 0.101. The summed E-state index contributed by atoms with van der Waals surface area (Å²) >= 11 is 7.82. The summed E-state index contributed by atoms with van der Waals surface area (Å²) in [4.78, 5) is 10.4. The van der Waals surface area contributed by atoms with Crippen LogP contribution in [0.1, 0.15) is 41.3 Å². The second-order valence-corrected chi connectivity index (χ2v) is 6.62. The fraction of sp³-hybridized carbons (Fsp3) is 0.500. The number of imidazole rings is 1. The number of rotatable bonds is 4. The molecule has 3 rings (SSSR count). The second kappa shape index (κ2) is 5.42. The Hall–Kier alpha value is -1.40. The molecule has 0 amide bonds. The molecule has 3 heterocycles. The van der Waals surface area contributed by atoms with Crippen molar-refractivity contribution >= 4 is 34.1 Å². The molecule has 1 unspecified atom stereocenters. The predicted molar refractivity (Wildman–Crippen MR) is 86.2 cm³/mol. The topological polar surface area (TPSA) is 48.5 Å². The Morgan fingerprint density at radius 2 is 2.14 bits per heavy atom. The average molecular weight is 324 g/mol. The third-order valence-corrected chi connectivity index (χ3v) is 4.94. The highest BCUT2D eigenvalue weighted by molar-refractivity contribution is 7.11. The van der Waals surface area contributed by atoms with Gasteiger partial charge in [-0.15, -0.1) is 22.9 Å². The van der Waals surface area contributed by atoms with Gasteiger partial charge in [-0.25, -0.2) is 14.6 Å². The van der Waals surface area contributed by atoms with E-state index in [4.69, 9.17) is 11.6 Å². The first-order chi connectivity index (χ1) is 10.1. The molecule has 3 aromatic heterocycles. The zero-order valence-corrected chi connectivity index (χ0v) is 14.2. The van der Waals surface area contributed by atoms with Crippen LogP contribution in [0.4, 0.5) is 0 Å². The number of aromatic nitrogens is 5.